The molecule has 26 heteroatoms. The molecule has 4 aliphatic carbocycles. The Kier molecular flexibility index (Phi) is 22.2. The number of benzene rings is 1. The van der Waals surface area contributed by atoms with Crippen molar-refractivity contribution in [3.05, 3.63) is 36.0 Å². The molecule has 5 aliphatic rings. The standard InChI is InChI=1S/C56H85N15O11/c1-5-30(4)47(70-50(78)39(21-34-27-63-36-11-7-6-10-35(34)36)65-45(75)26-56-23-31-18-32(24-56)20-33(19-31)25-56)53(81)67-38(14-15-42(57)72)49(77)68-40(22-43(58)73)51(79)69-46(29(2)3)54(82)71-17-9-13-41(71)52(80)66-37(12-8-16-62-55(60)61)48(76)64-28-44(59)74/h6-7,10-11,27,29-33,37-41,46-47,63H,5,8-9,12-26,28H2,1-4H3,(H2,57,72)(H2,58,73)(H2,59,74)(H,64,76)(H,65,75)(H,66,80)(H,67,81)(H,68,77)(H,69,79)(H,70,78)(H4,60,61,62)/t30-,31?,32?,33?,37-,38-,39+,40-,41-,46-,47-,56?/m0/s1. The van der Waals surface area contributed by atoms with Gasteiger partial charge in [0.1, 0.15) is 42.3 Å². The predicted octanol–water partition coefficient (Wildman–Crippen LogP) is -1.29. The number of primary amides is 3. The van der Waals surface area contributed by atoms with Crippen LogP contribution in [0.15, 0.2) is 35.5 Å². The first-order valence-corrected chi connectivity index (χ1v) is 28.7. The number of guanidine groups is 1. The van der Waals surface area contributed by atoms with Crippen molar-refractivity contribution in [3.8, 4) is 0 Å². The normalized spacial score (nSPS) is 22.3. The van der Waals surface area contributed by atoms with E-state index < -0.39 is 133 Å². The molecule has 450 valence electrons. The zero-order chi connectivity index (χ0) is 60.0. The number of para-hydroxylation sites is 1. The number of nitrogens with one attached hydrogen (secondary N) is 8. The van der Waals surface area contributed by atoms with E-state index in [1.54, 1.807) is 33.9 Å². The number of amides is 11. The number of nitrogens with zero attached hydrogens (tertiary/aromatic N) is 2. The first kappa shape index (κ1) is 63.4. The molecule has 4 bridgehead atoms. The Morgan fingerprint density at radius 1 is 0.695 bits per heavy atom. The van der Waals surface area contributed by atoms with Crippen molar-refractivity contribution >= 4 is 81.8 Å². The third-order valence-corrected chi connectivity index (χ3v) is 16.7. The van der Waals surface area contributed by atoms with Gasteiger partial charge in [0.05, 0.1) is 13.0 Å². The molecule has 2 aromatic rings. The van der Waals surface area contributed by atoms with Gasteiger partial charge >= 0.3 is 0 Å². The number of aromatic nitrogens is 1. The van der Waals surface area contributed by atoms with Crippen LogP contribution in [-0.4, -0.2) is 143 Å². The van der Waals surface area contributed by atoms with Crippen LogP contribution in [0.4, 0.5) is 0 Å². The zero-order valence-electron chi connectivity index (χ0n) is 47.5. The predicted molar refractivity (Wildman–Crippen MR) is 302 cm³/mol. The number of aliphatic imine (C=N–C) groups is 1. The Morgan fingerprint density at radius 3 is 1.91 bits per heavy atom. The number of aromatic amines is 1. The van der Waals surface area contributed by atoms with Crippen molar-refractivity contribution in [1.82, 2.24) is 47.1 Å². The van der Waals surface area contributed by atoms with E-state index >= 15 is 0 Å². The molecule has 0 spiro atoms. The van der Waals surface area contributed by atoms with Crippen LogP contribution in [0, 0.1) is 35.0 Å². The second-order valence-corrected chi connectivity index (χ2v) is 23.6. The largest absolute Gasteiger partial charge is 0.370 e. The third kappa shape index (κ3) is 17.4. The lowest BCUT2D eigenvalue weighted by Crippen LogP contribution is -2.61. The van der Waals surface area contributed by atoms with Gasteiger partial charge in [-0.25, -0.2) is 0 Å². The Morgan fingerprint density at radius 2 is 1.30 bits per heavy atom. The minimum atomic E-state index is -1.74. The lowest BCUT2D eigenvalue weighted by molar-refractivity contribution is -0.143. The maximum absolute atomic E-state index is 14.7. The fourth-order valence-corrected chi connectivity index (χ4v) is 12.9. The first-order valence-electron chi connectivity index (χ1n) is 28.7. The van der Waals surface area contributed by atoms with Crippen molar-refractivity contribution in [2.24, 2.45) is 68.7 Å². The van der Waals surface area contributed by atoms with E-state index in [0.717, 1.165) is 35.7 Å². The molecule has 0 unspecified atom stereocenters. The molecule has 2 heterocycles. The van der Waals surface area contributed by atoms with Gasteiger partial charge in [0.2, 0.25) is 65.0 Å². The monoisotopic (exact) mass is 1140 g/mol. The highest BCUT2D eigenvalue weighted by atomic mass is 16.2. The van der Waals surface area contributed by atoms with Gasteiger partial charge in [-0.05, 0) is 117 Å². The van der Waals surface area contributed by atoms with E-state index in [9.17, 15) is 52.7 Å². The molecule has 7 rings (SSSR count). The molecule has 11 amide bonds. The van der Waals surface area contributed by atoms with Gasteiger partial charge in [-0.2, -0.15) is 0 Å². The highest BCUT2D eigenvalue weighted by Crippen LogP contribution is 2.61. The number of likely N-dealkylation sites (tertiary alicyclic amines) is 1. The topological polar surface area (TPSA) is 433 Å². The number of carbonyl (C=O) groups is 11. The Hall–Kier alpha value is -7.80. The van der Waals surface area contributed by atoms with Gasteiger partial charge in [0, 0.05) is 49.5 Å². The van der Waals surface area contributed by atoms with E-state index in [2.05, 4.69) is 47.2 Å². The van der Waals surface area contributed by atoms with E-state index in [-0.39, 0.29) is 68.9 Å². The molecule has 18 N–H and O–H groups in total. The van der Waals surface area contributed by atoms with Crippen LogP contribution >= 0.6 is 0 Å². The maximum Gasteiger partial charge on any atom is 0.246 e. The van der Waals surface area contributed by atoms with Crippen molar-refractivity contribution in [1.29, 1.82) is 0 Å². The second kappa shape index (κ2) is 28.8. The molecule has 1 aromatic carbocycles. The van der Waals surface area contributed by atoms with Crippen molar-refractivity contribution in [3.63, 3.8) is 0 Å². The third-order valence-electron chi connectivity index (χ3n) is 16.7. The number of nitrogens with two attached hydrogens (primary N) is 5. The Balaban J connectivity index is 1.16. The first-order chi connectivity index (χ1) is 38.8. The van der Waals surface area contributed by atoms with Crippen LogP contribution in [0.25, 0.3) is 10.9 Å². The van der Waals surface area contributed by atoms with Crippen LogP contribution in [0.2, 0.25) is 0 Å². The van der Waals surface area contributed by atoms with Gasteiger partial charge < -0.3 is 75.8 Å². The van der Waals surface area contributed by atoms with Crippen LogP contribution in [-0.2, 0) is 59.2 Å². The van der Waals surface area contributed by atoms with E-state index in [1.807, 2.05) is 24.3 Å². The Bertz CT molecular complexity index is 2690. The summed E-state index contributed by atoms with van der Waals surface area (Å²) in [4.78, 5) is 158. The number of hydrogen-bond acceptors (Lipinski definition) is 12. The summed E-state index contributed by atoms with van der Waals surface area (Å²) in [6.07, 6.45) is 8.38. The summed E-state index contributed by atoms with van der Waals surface area (Å²) in [5.41, 5.74) is 28.6. The summed E-state index contributed by atoms with van der Waals surface area (Å²) in [6, 6.07) is -1.77. The van der Waals surface area contributed by atoms with Gasteiger partial charge in [-0.15, -0.1) is 0 Å². The number of H-pyrrole nitrogens is 1. The van der Waals surface area contributed by atoms with Gasteiger partial charge in [0.25, 0.3) is 0 Å². The molecule has 5 fully saturated rings. The van der Waals surface area contributed by atoms with Gasteiger partial charge in [0.15, 0.2) is 5.96 Å². The summed E-state index contributed by atoms with van der Waals surface area (Å²) in [5, 5.41) is 19.5. The molecule has 0 radical (unpaired) electrons. The SMILES string of the molecule is CC[C@H](C)[C@H](NC(=O)[C@@H](Cc1c[nH]c2ccccc12)NC(=O)CC12CC3CC(CC(C3)C1)C2)C(=O)N[C@@H](CCC(N)=O)C(=O)N[C@@H](CC(N)=O)C(=O)N[C@H](C(=O)N1CCC[C@H]1C(=O)N[C@@H](CCCN=C(N)N)C(=O)NCC(N)=O)C(C)C. The molecule has 1 saturated heterocycles. The lowest BCUT2D eigenvalue weighted by atomic mass is 9.49. The summed E-state index contributed by atoms with van der Waals surface area (Å²) in [5.74, 6) is -8.09. The summed E-state index contributed by atoms with van der Waals surface area (Å²) in [7, 11) is 0. The second-order valence-electron chi connectivity index (χ2n) is 23.6. The quantitative estimate of drug-likeness (QED) is 0.0238. The highest BCUT2D eigenvalue weighted by molar-refractivity contribution is 5.99. The van der Waals surface area contributed by atoms with Crippen molar-refractivity contribution < 1.29 is 52.7 Å². The van der Waals surface area contributed by atoms with Gasteiger partial charge in [-0.1, -0.05) is 52.3 Å². The minimum Gasteiger partial charge on any atom is -0.370 e. The number of hydrogen-bond donors (Lipinski definition) is 13. The van der Waals surface area contributed by atoms with E-state index in [0.29, 0.717) is 30.6 Å². The van der Waals surface area contributed by atoms with E-state index in [1.165, 1.54) is 24.2 Å². The van der Waals surface area contributed by atoms with Crippen LogP contribution in [0.5, 0.6) is 0 Å². The van der Waals surface area contributed by atoms with E-state index in [4.69, 9.17) is 28.7 Å². The molecule has 82 heavy (non-hydrogen) atoms. The summed E-state index contributed by atoms with van der Waals surface area (Å²) < 4.78 is 0. The fraction of sp³-hybridized carbons (Fsp3) is 0.643. The van der Waals surface area contributed by atoms with Crippen LogP contribution in [0.3, 0.4) is 0 Å². The molecule has 1 aliphatic heterocycles. The number of rotatable bonds is 31. The lowest BCUT2D eigenvalue weighted by Gasteiger charge is -2.56. The Labute approximate surface area is 477 Å². The average molecular weight is 1140 g/mol. The molecular weight excluding hydrogens is 1060 g/mol. The smallest absolute Gasteiger partial charge is 0.246 e. The fourth-order valence-electron chi connectivity index (χ4n) is 12.9. The number of carbonyl (C=O) groups excluding carboxylic acids is 11. The summed E-state index contributed by atoms with van der Waals surface area (Å²) in [6.45, 7) is 6.48. The molecule has 1 aromatic heterocycles. The van der Waals surface area contributed by atoms with Gasteiger partial charge in [-0.3, -0.25) is 57.7 Å². The maximum atomic E-state index is 14.7. The van der Waals surface area contributed by atoms with Crippen molar-refractivity contribution in [2.45, 2.75) is 173 Å². The molecular formula is C56H85N15O11. The highest BCUT2D eigenvalue weighted by Gasteiger charge is 2.52. The minimum absolute atomic E-state index is 0.0447. The zero-order valence-corrected chi connectivity index (χ0v) is 47.5. The van der Waals surface area contributed by atoms with Crippen LogP contribution < -0.4 is 65.9 Å². The van der Waals surface area contributed by atoms with Crippen molar-refractivity contribution in [2.75, 3.05) is 19.6 Å². The number of fused-ring (bicyclic) bond motifs is 1. The summed E-state index contributed by atoms with van der Waals surface area (Å²) >= 11 is 0. The molecule has 4 saturated carbocycles. The molecule has 26 nitrogen and oxygen atoms in total. The molecule has 8 atom stereocenters. The van der Waals surface area contributed by atoms with Crippen LogP contribution in [0.1, 0.15) is 130 Å². The average Bonchev–Trinajstić information content (AvgIpc) is 3.78.